The molecule has 2 aromatic carbocycles. The zero-order valence-corrected chi connectivity index (χ0v) is 15.5. The molecule has 0 saturated heterocycles. The Bertz CT molecular complexity index is 1000. The van der Waals surface area contributed by atoms with Gasteiger partial charge in [-0.15, -0.1) is 15.3 Å². The Kier molecular flexibility index (Phi) is 5.12. The minimum atomic E-state index is -0.303. The molecule has 0 saturated carbocycles. The van der Waals surface area contributed by atoms with Crippen molar-refractivity contribution in [3.63, 3.8) is 0 Å². The first-order valence-electron chi connectivity index (χ1n) is 8.01. The Labute approximate surface area is 162 Å². The van der Waals surface area contributed by atoms with E-state index in [4.69, 9.17) is 4.74 Å². The number of carbonyl (C=O) groups excluding carboxylic acids is 1. The molecular formula is C18H13FN4O2S2. The third-order valence-electron chi connectivity index (χ3n) is 3.68. The Morgan fingerprint density at radius 2 is 1.93 bits per heavy atom. The van der Waals surface area contributed by atoms with Crippen LogP contribution < -0.4 is 10.2 Å². The minimum Gasteiger partial charge on any atom is -0.440 e. The summed E-state index contributed by atoms with van der Waals surface area (Å²) in [5, 5.41) is 13.2. The minimum absolute atomic E-state index is 0.259. The van der Waals surface area contributed by atoms with Crippen LogP contribution in [0.15, 0.2) is 58.0 Å². The summed E-state index contributed by atoms with van der Waals surface area (Å²) in [5.74, 6) is 0.697. The van der Waals surface area contributed by atoms with Gasteiger partial charge in [0.25, 0.3) is 5.91 Å². The van der Waals surface area contributed by atoms with Gasteiger partial charge in [-0.3, -0.25) is 4.79 Å². The predicted molar refractivity (Wildman–Crippen MR) is 102 cm³/mol. The van der Waals surface area contributed by atoms with Crippen LogP contribution in [0.4, 0.5) is 4.39 Å². The van der Waals surface area contributed by atoms with E-state index in [1.54, 1.807) is 36.4 Å². The molecule has 4 rings (SSSR count). The van der Waals surface area contributed by atoms with Crippen LogP contribution in [0.25, 0.3) is 0 Å². The number of hydrogen-bond acceptors (Lipinski definition) is 7. The highest BCUT2D eigenvalue weighted by Gasteiger charge is 2.18. The fourth-order valence-corrected chi connectivity index (χ4v) is 4.17. The van der Waals surface area contributed by atoms with Crippen LogP contribution in [-0.2, 0) is 6.42 Å². The lowest BCUT2D eigenvalue weighted by molar-refractivity contribution is 0.0955. The standard InChI is InChI=1S/C18H13FN4O2S2/c19-12-7-5-11(6-8-12)9-16-21-23-18(27-16)26-10-15-20-22-17(24)13-3-1-2-4-14(13)25-15/h1-8H,9-10H2,(H,22,24). The number of para-hydroxylation sites is 1. The van der Waals surface area contributed by atoms with Crippen molar-refractivity contribution in [1.29, 1.82) is 0 Å². The molecule has 27 heavy (non-hydrogen) atoms. The van der Waals surface area contributed by atoms with Gasteiger partial charge in [-0.2, -0.15) is 0 Å². The number of fused-ring (bicyclic) bond motifs is 1. The third-order valence-corrected chi connectivity index (χ3v) is 5.72. The van der Waals surface area contributed by atoms with Gasteiger partial charge in [-0.1, -0.05) is 47.4 Å². The molecule has 0 fully saturated rings. The Balaban J connectivity index is 1.39. The molecule has 0 spiro atoms. The van der Waals surface area contributed by atoms with E-state index in [9.17, 15) is 9.18 Å². The molecule has 0 atom stereocenters. The monoisotopic (exact) mass is 400 g/mol. The summed E-state index contributed by atoms with van der Waals surface area (Å²) in [6.45, 7) is 0. The van der Waals surface area contributed by atoms with E-state index in [2.05, 4.69) is 20.7 Å². The molecular weight excluding hydrogens is 387 g/mol. The number of hydrazone groups is 1. The molecule has 1 amide bonds. The van der Waals surface area contributed by atoms with Gasteiger partial charge in [0.05, 0.1) is 11.3 Å². The summed E-state index contributed by atoms with van der Waals surface area (Å²) >= 11 is 2.88. The Hall–Kier alpha value is -2.78. The normalized spacial score (nSPS) is 13.2. The van der Waals surface area contributed by atoms with Gasteiger partial charge < -0.3 is 4.74 Å². The van der Waals surface area contributed by atoms with Crippen LogP contribution in [0.5, 0.6) is 5.75 Å². The molecule has 9 heteroatoms. The van der Waals surface area contributed by atoms with E-state index in [0.29, 0.717) is 29.4 Å². The van der Waals surface area contributed by atoms with Gasteiger partial charge in [0.1, 0.15) is 16.6 Å². The predicted octanol–water partition coefficient (Wildman–Crippen LogP) is 3.50. The number of ether oxygens (including phenoxy) is 1. The maximum atomic E-state index is 13.0. The van der Waals surface area contributed by atoms with Crippen molar-refractivity contribution in [3.8, 4) is 5.75 Å². The van der Waals surface area contributed by atoms with E-state index >= 15 is 0 Å². The number of nitrogens with zero attached hydrogens (tertiary/aromatic N) is 3. The van der Waals surface area contributed by atoms with Crippen molar-refractivity contribution >= 4 is 34.9 Å². The summed E-state index contributed by atoms with van der Waals surface area (Å²) in [6.07, 6.45) is 0.597. The van der Waals surface area contributed by atoms with Crippen LogP contribution in [-0.4, -0.2) is 27.8 Å². The summed E-state index contributed by atoms with van der Waals surface area (Å²) < 4.78 is 19.5. The molecule has 1 aliphatic rings. The summed E-state index contributed by atoms with van der Waals surface area (Å²) in [4.78, 5) is 12.0. The lowest BCUT2D eigenvalue weighted by Gasteiger charge is -2.06. The Morgan fingerprint density at radius 3 is 2.78 bits per heavy atom. The van der Waals surface area contributed by atoms with Crippen molar-refractivity contribution in [2.24, 2.45) is 5.10 Å². The largest absolute Gasteiger partial charge is 0.440 e. The number of carbonyl (C=O) groups is 1. The van der Waals surface area contributed by atoms with E-state index in [-0.39, 0.29) is 11.7 Å². The zero-order chi connectivity index (χ0) is 18.6. The molecule has 1 aromatic heterocycles. The summed E-state index contributed by atoms with van der Waals surface area (Å²) in [6, 6.07) is 13.3. The highest BCUT2D eigenvalue weighted by molar-refractivity contribution is 8.01. The van der Waals surface area contributed by atoms with E-state index in [1.807, 2.05) is 0 Å². The first kappa shape index (κ1) is 17.6. The van der Waals surface area contributed by atoms with Gasteiger partial charge >= 0.3 is 0 Å². The lowest BCUT2D eigenvalue weighted by atomic mass is 10.2. The molecule has 136 valence electrons. The molecule has 0 bridgehead atoms. The van der Waals surface area contributed by atoms with Crippen molar-refractivity contribution in [1.82, 2.24) is 15.6 Å². The van der Waals surface area contributed by atoms with Crippen LogP contribution in [0.2, 0.25) is 0 Å². The van der Waals surface area contributed by atoms with E-state index in [1.165, 1.54) is 35.2 Å². The maximum Gasteiger partial charge on any atom is 0.275 e. The number of rotatable bonds is 5. The van der Waals surface area contributed by atoms with E-state index in [0.717, 1.165) is 14.9 Å². The van der Waals surface area contributed by atoms with Crippen molar-refractivity contribution in [2.75, 3.05) is 5.75 Å². The van der Waals surface area contributed by atoms with Gasteiger partial charge in [0.15, 0.2) is 4.34 Å². The van der Waals surface area contributed by atoms with Crippen LogP contribution in [0.1, 0.15) is 20.9 Å². The molecule has 0 unspecified atom stereocenters. The second kappa shape index (κ2) is 7.85. The van der Waals surface area contributed by atoms with Crippen molar-refractivity contribution in [3.05, 3.63) is 70.5 Å². The number of benzene rings is 2. The number of hydrogen-bond donors (Lipinski definition) is 1. The maximum absolute atomic E-state index is 13.0. The highest BCUT2D eigenvalue weighted by Crippen LogP contribution is 2.26. The van der Waals surface area contributed by atoms with Gasteiger partial charge in [0, 0.05) is 6.42 Å². The van der Waals surface area contributed by atoms with Crippen LogP contribution in [0.3, 0.4) is 0 Å². The SMILES string of the molecule is O=C1NN=C(CSc2nnc(Cc3ccc(F)cc3)s2)Oc2ccccc21. The smallest absolute Gasteiger partial charge is 0.275 e. The van der Waals surface area contributed by atoms with E-state index < -0.39 is 0 Å². The highest BCUT2D eigenvalue weighted by atomic mass is 32.2. The quantitative estimate of drug-likeness (QED) is 0.664. The molecule has 1 N–H and O–H groups in total. The summed E-state index contributed by atoms with van der Waals surface area (Å²) in [5.41, 5.74) is 3.89. The second-order valence-corrected chi connectivity index (χ2v) is 7.88. The van der Waals surface area contributed by atoms with Crippen molar-refractivity contribution in [2.45, 2.75) is 10.8 Å². The third kappa shape index (κ3) is 4.32. The van der Waals surface area contributed by atoms with Crippen LogP contribution >= 0.6 is 23.1 Å². The molecule has 0 aliphatic carbocycles. The first-order valence-corrected chi connectivity index (χ1v) is 9.81. The lowest BCUT2D eigenvalue weighted by Crippen LogP contribution is -2.18. The first-order chi connectivity index (χ1) is 13.2. The zero-order valence-electron chi connectivity index (χ0n) is 13.9. The molecule has 6 nitrogen and oxygen atoms in total. The number of thioether (sulfide) groups is 1. The van der Waals surface area contributed by atoms with Gasteiger partial charge in [-0.25, -0.2) is 9.82 Å². The average Bonchev–Trinajstić information content (AvgIpc) is 3.06. The number of aromatic nitrogens is 2. The van der Waals surface area contributed by atoms with Crippen molar-refractivity contribution < 1.29 is 13.9 Å². The molecule has 2 heterocycles. The number of halogens is 1. The average molecular weight is 400 g/mol. The topological polar surface area (TPSA) is 76.5 Å². The Morgan fingerprint density at radius 1 is 1.11 bits per heavy atom. The fraction of sp³-hybridized carbons (Fsp3) is 0.111. The van der Waals surface area contributed by atoms with Crippen LogP contribution in [0, 0.1) is 5.82 Å². The summed E-state index contributed by atoms with van der Waals surface area (Å²) in [7, 11) is 0. The number of nitrogens with one attached hydrogen (secondary N) is 1. The number of amides is 1. The molecule has 3 aromatic rings. The molecule has 0 radical (unpaired) electrons. The van der Waals surface area contributed by atoms with Gasteiger partial charge in [-0.05, 0) is 29.8 Å². The fourth-order valence-electron chi connectivity index (χ4n) is 2.40. The molecule has 1 aliphatic heterocycles. The second-order valence-electron chi connectivity index (χ2n) is 5.60. The van der Waals surface area contributed by atoms with Gasteiger partial charge in [0.2, 0.25) is 5.90 Å².